The van der Waals surface area contributed by atoms with E-state index < -0.39 is 116 Å². The Labute approximate surface area is 437 Å². The summed E-state index contributed by atoms with van der Waals surface area (Å²) in [6, 6.07) is 46.3. The van der Waals surface area contributed by atoms with Crippen LogP contribution in [0.15, 0.2) is 195 Å². The highest BCUT2D eigenvalue weighted by Gasteiger charge is 2.57. The first-order valence-electron chi connectivity index (χ1n) is 24.3. The van der Waals surface area contributed by atoms with Crippen molar-refractivity contribution in [2.24, 2.45) is 0 Å². The van der Waals surface area contributed by atoms with Crippen LogP contribution in [0.3, 0.4) is 0 Å². The van der Waals surface area contributed by atoms with Gasteiger partial charge in [-0.05, 0) is 79.2 Å². The molecule has 0 aliphatic carbocycles. The first-order chi connectivity index (χ1) is 37.0. The van der Waals surface area contributed by atoms with Gasteiger partial charge in [-0.2, -0.15) is 0 Å². The number of amides is 1. The van der Waals surface area contributed by atoms with Crippen LogP contribution in [0.2, 0.25) is 0 Å². The highest BCUT2D eigenvalue weighted by Crippen LogP contribution is 2.36. The van der Waals surface area contributed by atoms with Crippen LogP contribution in [0.1, 0.15) is 75.5 Å². The van der Waals surface area contributed by atoms with Crippen molar-refractivity contribution in [1.82, 2.24) is 5.32 Å². The molecule has 1 amide bonds. The molecule has 10 atom stereocenters. The second-order valence-corrected chi connectivity index (χ2v) is 17.5. The van der Waals surface area contributed by atoms with Gasteiger partial charge in [0.1, 0.15) is 31.5 Å². The second kappa shape index (κ2) is 25.9. The molecule has 0 aromatic heterocycles. The van der Waals surface area contributed by atoms with Gasteiger partial charge in [0.15, 0.2) is 30.7 Å². The monoisotopic (exact) mass is 1030 g/mol. The van der Waals surface area contributed by atoms with E-state index in [1.54, 1.807) is 121 Å². The number of esters is 6. The zero-order valence-electron chi connectivity index (χ0n) is 41.0. The van der Waals surface area contributed by atoms with Crippen molar-refractivity contribution in [2.45, 2.75) is 74.5 Å². The summed E-state index contributed by atoms with van der Waals surface area (Å²) in [7, 11) is 0. The van der Waals surface area contributed by atoms with Gasteiger partial charge in [-0.25, -0.2) is 28.8 Å². The van der Waals surface area contributed by atoms with Gasteiger partial charge in [-0.15, -0.1) is 6.58 Å². The molecule has 6 aromatic carbocycles. The minimum atomic E-state index is -1.96. The average molecular weight is 1030 g/mol. The molecular formula is C59H53NO16. The molecule has 0 unspecified atom stereocenters. The predicted molar refractivity (Wildman–Crippen MR) is 271 cm³/mol. The van der Waals surface area contributed by atoms with Crippen LogP contribution in [-0.2, 0) is 47.4 Å². The Hall–Kier alpha value is -8.77. The predicted octanol–water partition coefficient (Wildman–Crippen LogP) is 7.56. The van der Waals surface area contributed by atoms with E-state index in [2.05, 4.69) is 11.9 Å². The molecular weight excluding hydrogens is 979 g/mol. The summed E-state index contributed by atoms with van der Waals surface area (Å²) in [5.74, 6) is -5.87. The van der Waals surface area contributed by atoms with Gasteiger partial charge in [-0.1, -0.05) is 115 Å². The molecule has 6 aromatic rings. The minimum absolute atomic E-state index is 0.0329. The van der Waals surface area contributed by atoms with E-state index in [0.29, 0.717) is 0 Å². The lowest BCUT2D eigenvalue weighted by molar-refractivity contribution is -0.333. The molecule has 8 rings (SSSR count). The molecule has 1 N–H and O–H groups in total. The van der Waals surface area contributed by atoms with Crippen molar-refractivity contribution in [1.29, 1.82) is 0 Å². The van der Waals surface area contributed by atoms with Gasteiger partial charge >= 0.3 is 35.8 Å². The zero-order valence-corrected chi connectivity index (χ0v) is 41.0. The van der Waals surface area contributed by atoms with Crippen molar-refractivity contribution in [3.05, 3.63) is 228 Å². The van der Waals surface area contributed by atoms with Crippen LogP contribution in [0.5, 0.6) is 0 Å². The Balaban J connectivity index is 1.28. The van der Waals surface area contributed by atoms with Crippen LogP contribution in [0.4, 0.5) is 0 Å². The molecule has 2 fully saturated rings. The van der Waals surface area contributed by atoms with Gasteiger partial charge in [0.2, 0.25) is 5.91 Å². The Morgan fingerprint density at radius 2 is 0.750 bits per heavy atom. The van der Waals surface area contributed by atoms with Crippen LogP contribution < -0.4 is 5.32 Å². The molecule has 0 spiro atoms. The smallest absolute Gasteiger partial charge is 0.338 e. The molecule has 76 heavy (non-hydrogen) atoms. The molecule has 2 aliphatic rings. The fraction of sp³-hybridized carbons (Fsp3) is 0.237. The fourth-order valence-corrected chi connectivity index (χ4v) is 8.60. The third-order valence-corrected chi connectivity index (χ3v) is 12.2. The van der Waals surface area contributed by atoms with E-state index in [0.717, 1.165) is 0 Å². The van der Waals surface area contributed by atoms with Crippen LogP contribution in [0, 0.1) is 0 Å². The first kappa shape index (κ1) is 53.5. The number of carbonyl (C=O) groups excluding carboxylic acids is 7. The Bertz CT molecular complexity index is 2930. The Morgan fingerprint density at radius 3 is 1.12 bits per heavy atom. The second-order valence-electron chi connectivity index (χ2n) is 17.5. The van der Waals surface area contributed by atoms with Crippen molar-refractivity contribution in [2.75, 3.05) is 13.2 Å². The zero-order chi connectivity index (χ0) is 53.4. The number of ether oxygens (including phenoxy) is 9. The summed E-state index contributed by atoms with van der Waals surface area (Å²) in [6.45, 7) is 3.86. The van der Waals surface area contributed by atoms with E-state index in [9.17, 15) is 33.6 Å². The summed E-state index contributed by atoms with van der Waals surface area (Å²) in [5, 5.41) is 2.83. The van der Waals surface area contributed by atoms with Crippen LogP contribution >= 0.6 is 0 Å². The quantitative estimate of drug-likeness (QED) is 0.0471. The summed E-state index contributed by atoms with van der Waals surface area (Å²) in [5.41, 5.74) is 0.601. The molecule has 2 heterocycles. The van der Waals surface area contributed by atoms with Crippen molar-refractivity contribution in [3.8, 4) is 0 Å². The standard InChI is InChI=1S/C59H53NO16/c1-3-22-44-47(60-37(2)61)50(73-56(65)41-29-16-7-17-30-41)48(45(70-44)35-68-53(62)38-23-10-4-11-24-38)76-59-52(75-58(67)43-33-20-9-21-34-43)51(74-57(66)42-31-18-8-19-32-42)49(72-55(64)40-27-14-6-15-28-40)46(71-59)36-69-54(63)39-25-12-5-13-26-39/h3-21,23-34,44-52,59H,1,22,35-36H2,2H3,(H,60,61)/t44-,45-,46-,47+,48-,49+,50-,51+,52-,59+/m1/s1. The normalized spacial score (nSPS) is 22.8. The van der Waals surface area contributed by atoms with E-state index in [4.69, 9.17) is 42.6 Å². The van der Waals surface area contributed by atoms with Gasteiger partial charge < -0.3 is 47.9 Å². The van der Waals surface area contributed by atoms with Gasteiger partial charge in [0.25, 0.3) is 0 Å². The maximum Gasteiger partial charge on any atom is 0.338 e. The molecule has 0 radical (unpaired) electrons. The SMILES string of the molecule is C=CC[C@H]1O[C@H](COC(=O)c2ccccc2)[C@@H](O[C@@H]2O[C@H](COC(=O)c3ccccc3)[C@H](OC(=O)c3ccccc3)[C@H](OC(=O)c3ccccc3)[C@H]2OC(=O)c2ccccc2)[C@H](OC(=O)c2ccccc2)[C@H]1NC(C)=O. The summed E-state index contributed by atoms with van der Waals surface area (Å²) < 4.78 is 57.1. The summed E-state index contributed by atoms with van der Waals surface area (Å²) >= 11 is 0. The number of hydrogen-bond acceptors (Lipinski definition) is 16. The lowest BCUT2D eigenvalue weighted by Crippen LogP contribution is -2.69. The third kappa shape index (κ3) is 13.7. The van der Waals surface area contributed by atoms with Crippen LogP contribution in [-0.4, -0.2) is 116 Å². The summed E-state index contributed by atoms with van der Waals surface area (Å²) in [4.78, 5) is 97.7. The molecule has 2 aliphatic heterocycles. The molecule has 17 nitrogen and oxygen atoms in total. The lowest BCUT2D eigenvalue weighted by atomic mass is 9.90. The average Bonchev–Trinajstić information content (AvgIpc) is 3.46. The van der Waals surface area contributed by atoms with E-state index in [-0.39, 0.29) is 39.8 Å². The maximum atomic E-state index is 14.4. The van der Waals surface area contributed by atoms with Gasteiger partial charge in [-0.3, -0.25) is 4.79 Å². The number of hydrogen-bond donors (Lipinski definition) is 1. The molecule has 0 bridgehead atoms. The first-order valence-corrected chi connectivity index (χ1v) is 24.3. The Morgan fingerprint density at radius 1 is 0.421 bits per heavy atom. The van der Waals surface area contributed by atoms with E-state index in [1.165, 1.54) is 73.7 Å². The number of benzene rings is 6. The molecule has 2 saturated heterocycles. The fourth-order valence-electron chi connectivity index (χ4n) is 8.60. The molecule has 0 saturated carbocycles. The topological polar surface area (TPSA) is 215 Å². The highest BCUT2D eigenvalue weighted by molar-refractivity contribution is 5.92. The van der Waals surface area contributed by atoms with Crippen molar-refractivity contribution < 1.29 is 76.2 Å². The maximum absolute atomic E-state index is 14.4. The highest BCUT2D eigenvalue weighted by atomic mass is 16.8. The summed E-state index contributed by atoms with van der Waals surface area (Å²) in [6.07, 6.45) is -13.0. The van der Waals surface area contributed by atoms with E-state index in [1.807, 2.05) is 0 Å². The minimum Gasteiger partial charge on any atom is -0.459 e. The van der Waals surface area contributed by atoms with Crippen molar-refractivity contribution in [3.63, 3.8) is 0 Å². The lowest BCUT2D eigenvalue weighted by Gasteiger charge is -2.49. The number of rotatable bonds is 19. The van der Waals surface area contributed by atoms with Crippen LogP contribution in [0.25, 0.3) is 0 Å². The Kier molecular flexibility index (Phi) is 18.3. The van der Waals surface area contributed by atoms with Gasteiger partial charge in [0.05, 0.1) is 45.5 Å². The largest absolute Gasteiger partial charge is 0.459 e. The molecule has 17 heteroatoms. The van der Waals surface area contributed by atoms with E-state index >= 15 is 0 Å². The van der Waals surface area contributed by atoms with Gasteiger partial charge in [0, 0.05) is 6.92 Å². The molecule has 390 valence electrons. The third-order valence-electron chi connectivity index (χ3n) is 12.2. The van der Waals surface area contributed by atoms with Crippen molar-refractivity contribution >= 4 is 41.7 Å². The number of carbonyl (C=O) groups is 7. The number of nitrogens with one attached hydrogen (secondary N) is 1.